The van der Waals surface area contributed by atoms with Crippen LogP contribution >= 0.6 is 0 Å². The van der Waals surface area contributed by atoms with E-state index < -0.39 is 5.82 Å². The summed E-state index contributed by atoms with van der Waals surface area (Å²) in [5.74, 6) is 0.0769. The van der Waals surface area contributed by atoms with Crippen LogP contribution in [0.5, 0.6) is 0 Å². The minimum absolute atomic E-state index is 0.316. The van der Waals surface area contributed by atoms with Gasteiger partial charge in [-0.3, -0.25) is 0 Å². The first kappa shape index (κ1) is 10.4. The van der Waals surface area contributed by atoms with Gasteiger partial charge in [0.2, 0.25) is 0 Å². The monoisotopic (exact) mass is 217 g/mol. The minimum Gasteiger partial charge on any atom is -0.396 e. The first-order chi connectivity index (χ1) is 7.75. The maximum atomic E-state index is 12.7. The fraction of sp³-hybridized carbons (Fsp3) is 0.0833. The highest BCUT2D eigenvalue weighted by Gasteiger charge is 2.01. The smallest absolute Gasteiger partial charge is 0.149 e. The molecule has 3 N–H and O–H groups in total. The van der Waals surface area contributed by atoms with Crippen LogP contribution in [0.2, 0.25) is 0 Å². The molecule has 4 heteroatoms. The van der Waals surface area contributed by atoms with Crippen molar-refractivity contribution in [1.82, 2.24) is 4.98 Å². The van der Waals surface area contributed by atoms with Crippen molar-refractivity contribution >= 4 is 11.5 Å². The van der Waals surface area contributed by atoms with Crippen molar-refractivity contribution in [1.29, 1.82) is 0 Å². The van der Waals surface area contributed by atoms with Crippen molar-refractivity contribution < 1.29 is 4.39 Å². The predicted octanol–water partition coefficient (Wildman–Crippen LogP) is 2.42. The van der Waals surface area contributed by atoms with Gasteiger partial charge in [-0.2, -0.15) is 0 Å². The van der Waals surface area contributed by atoms with Gasteiger partial charge in [0.05, 0.1) is 11.9 Å². The number of nitrogens with two attached hydrogens (primary N) is 1. The Labute approximate surface area is 93.1 Å². The van der Waals surface area contributed by atoms with E-state index >= 15 is 0 Å². The second-order valence-electron chi connectivity index (χ2n) is 3.43. The number of hydrogen-bond acceptors (Lipinski definition) is 3. The lowest BCUT2D eigenvalue weighted by Crippen LogP contribution is -2.04. The first-order valence-electron chi connectivity index (χ1n) is 4.94. The van der Waals surface area contributed by atoms with Gasteiger partial charge in [-0.25, -0.2) is 9.37 Å². The molecule has 0 bridgehead atoms. The summed E-state index contributed by atoms with van der Waals surface area (Å²) in [7, 11) is 0. The van der Waals surface area contributed by atoms with Crippen LogP contribution in [0, 0.1) is 5.82 Å². The SMILES string of the molecule is Nc1cc(F)cnc1NCc1ccccc1. The number of anilines is 2. The molecule has 0 aliphatic carbocycles. The largest absolute Gasteiger partial charge is 0.396 e. The van der Waals surface area contributed by atoms with E-state index in [0.717, 1.165) is 11.8 Å². The Morgan fingerprint density at radius 1 is 1.25 bits per heavy atom. The maximum absolute atomic E-state index is 12.7. The standard InChI is InChI=1S/C12H12FN3/c13-10-6-11(14)12(16-8-10)15-7-9-4-2-1-3-5-9/h1-6,8H,7,14H2,(H,15,16). The number of nitrogens with one attached hydrogen (secondary N) is 1. The van der Waals surface area contributed by atoms with Gasteiger partial charge in [0.15, 0.2) is 0 Å². The van der Waals surface area contributed by atoms with E-state index in [1.807, 2.05) is 30.3 Å². The summed E-state index contributed by atoms with van der Waals surface area (Å²) in [5, 5.41) is 3.05. The van der Waals surface area contributed by atoms with Crippen molar-refractivity contribution in [2.24, 2.45) is 0 Å². The van der Waals surface area contributed by atoms with Crippen LogP contribution in [-0.2, 0) is 6.54 Å². The zero-order chi connectivity index (χ0) is 11.4. The molecule has 0 saturated carbocycles. The lowest BCUT2D eigenvalue weighted by Gasteiger charge is -2.07. The molecule has 0 amide bonds. The van der Waals surface area contributed by atoms with Gasteiger partial charge in [-0.05, 0) is 5.56 Å². The number of hydrogen-bond donors (Lipinski definition) is 2. The van der Waals surface area contributed by atoms with Crippen LogP contribution < -0.4 is 11.1 Å². The number of benzene rings is 1. The summed E-state index contributed by atoms with van der Waals surface area (Å²) in [5.41, 5.74) is 7.05. The summed E-state index contributed by atoms with van der Waals surface area (Å²) in [4.78, 5) is 3.88. The quantitative estimate of drug-likeness (QED) is 0.830. The highest BCUT2D eigenvalue weighted by atomic mass is 19.1. The van der Waals surface area contributed by atoms with Gasteiger partial charge in [0, 0.05) is 12.6 Å². The molecule has 0 saturated heterocycles. The molecule has 16 heavy (non-hydrogen) atoms. The van der Waals surface area contributed by atoms with E-state index in [4.69, 9.17) is 5.73 Å². The summed E-state index contributed by atoms with van der Waals surface area (Å²) in [6.07, 6.45) is 1.14. The molecule has 1 aromatic carbocycles. The number of halogens is 1. The van der Waals surface area contributed by atoms with Crippen LogP contribution in [0.1, 0.15) is 5.56 Å². The van der Waals surface area contributed by atoms with Crippen molar-refractivity contribution in [2.75, 3.05) is 11.1 Å². The molecule has 0 fully saturated rings. The number of aromatic nitrogens is 1. The molecule has 2 aromatic rings. The second kappa shape index (κ2) is 4.61. The maximum Gasteiger partial charge on any atom is 0.149 e. The van der Waals surface area contributed by atoms with Crippen LogP contribution in [0.3, 0.4) is 0 Å². The third-order valence-electron chi connectivity index (χ3n) is 2.19. The molecule has 1 heterocycles. The van der Waals surface area contributed by atoms with Gasteiger partial charge < -0.3 is 11.1 Å². The van der Waals surface area contributed by atoms with E-state index in [1.54, 1.807) is 0 Å². The fourth-order valence-electron chi connectivity index (χ4n) is 1.38. The van der Waals surface area contributed by atoms with Crippen molar-refractivity contribution in [2.45, 2.75) is 6.54 Å². The summed E-state index contributed by atoms with van der Waals surface area (Å²) in [6, 6.07) is 11.1. The van der Waals surface area contributed by atoms with Crippen LogP contribution in [0.25, 0.3) is 0 Å². The average Bonchev–Trinajstić information content (AvgIpc) is 2.29. The van der Waals surface area contributed by atoms with E-state index in [0.29, 0.717) is 18.1 Å². The molecule has 0 spiro atoms. The fourth-order valence-corrected chi connectivity index (χ4v) is 1.38. The molecule has 0 unspecified atom stereocenters. The molecule has 0 aliphatic heterocycles. The van der Waals surface area contributed by atoms with E-state index in [-0.39, 0.29) is 0 Å². The van der Waals surface area contributed by atoms with E-state index in [1.165, 1.54) is 6.07 Å². The van der Waals surface area contributed by atoms with Crippen LogP contribution in [0.4, 0.5) is 15.9 Å². The summed E-state index contributed by atoms with van der Waals surface area (Å²) < 4.78 is 12.7. The van der Waals surface area contributed by atoms with Crippen LogP contribution in [0.15, 0.2) is 42.6 Å². The zero-order valence-corrected chi connectivity index (χ0v) is 8.65. The summed E-state index contributed by atoms with van der Waals surface area (Å²) in [6.45, 7) is 0.615. The zero-order valence-electron chi connectivity index (χ0n) is 8.65. The van der Waals surface area contributed by atoms with Gasteiger partial charge in [-0.1, -0.05) is 30.3 Å². The highest BCUT2D eigenvalue weighted by Crippen LogP contribution is 2.16. The number of rotatable bonds is 3. The molecule has 0 radical (unpaired) electrons. The van der Waals surface area contributed by atoms with Crippen molar-refractivity contribution in [3.63, 3.8) is 0 Å². The Kier molecular flexibility index (Phi) is 3.00. The predicted molar refractivity (Wildman–Crippen MR) is 62.4 cm³/mol. The van der Waals surface area contributed by atoms with Crippen molar-refractivity contribution in [3.8, 4) is 0 Å². The lowest BCUT2D eigenvalue weighted by atomic mass is 10.2. The number of nitrogen functional groups attached to an aromatic ring is 1. The average molecular weight is 217 g/mol. The lowest BCUT2D eigenvalue weighted by molar-refractivity contribution is 0.622. The van der Waals surface area contributed by atoms with Gasteiger partial charge in [0.25, 0.3) is 0 Å². The first-order valence-corrected chi connectivity index (χ1v) is 4.94. The third kappa shape index (κ3) is 2.48. The molecule has 3 nitrogen and oxygen atoms in total. The highest BCUT2D eigenvalue weighted by molar-refractivity contribution is 5.60. The van der Waals surface area contributed by atoms with E-state index in [9.17, 15) is 4.39 Å². The molecular weight excluding hydrogens is 205 g/mol. The molecular formula is C12H12FN3. The molecule has 82 valence electrons. The number of nitrogens with zero attached hydrogens (tertiary/aromatic N) is 1. The Balaban J connectivity index is 2.05. The number of pyridine rings is 1. The topological polar surface area (TPSA) is 50.9 Å². The Hall–Kier alpha value is -2.10. The van der Waals surface area contributed by atoms with Crippen LogP contribution in [-0.4, -0.2) is 4.98 Å². The summed E-state index contributed by atoms with van der Waals surface area (Å²) >= 11 is 0. The second-order valence-corrected chi connectivity index (χ2v) is 3.43. The normalized spacial score (nSPS) is 10.1. The third-order valence-corrected chi connectivity index (χ3v) is 2.19. The molecule has 0 atom stereocenters. The van der Waals surface area contributed by atoms with E-state index in [2.05, 4.69) is 10.3 Å². The Morgan fingerprint density at radius 3 is 2.69 bits per heavy atom. The molecule has 2 rings (SSSR count). The van der Waals surface area contributed by atoms with Gasteiger partial charge >= 0.3 is 0 Å². The van der Waals surface area contributed by atoms with Gasteiger partial charge in [0.1, 0.15) is 11.6 Å². The molecule has 1 aromatic heterocycles. The minimum atomic E-state index is -0.428. The van der Waals surface area contributed by atoms with Gasteiger partial charge in [-0.15, -0.1) is 0 Å². The Bertz CT molecular complexity index is 471. The van der Waals surface area contributed by atoms with Crippen molar-refractivity contribution in [3.05, 3.63) is 54.0 Å². The Morgan fingerprint density at radius 2 is 2.00 bits per heavy atom. The molecule has 0 aliphatic rings.